The lowest BCUT2D eigenvalue weighted by molar-refractivity contribution is -0.132. The molecule has 0 aliphatic carbocycles. The molecular weight excluding hydrogens is 356 g/mol. The van der Waals surface area contributed by atoms with Gasteiger partial charge in [0.25, 0.3) is 0 Å². The maximum Gasteiger partial charge on any atom is 0.323 e. The Hall–Kier alpha value is -2.74. The summed E-state index contributed by atoms with van der Waals surface area (Å²) in [6.45, 7) is 0. The van der Waals surface area contributed by atoms with E-state index in [-0.39, 0.29) is 19.3 Å². The van der Waals surface area contributed by atoms with Gasteiger partial charge in [-0.2, -0.15) is 4.79 Å². The molecule has 2 unspecified atom stereocenters. The average molecular weight is 374 g/mol. The van der Waals surface area contributed by atoms with Crippen LogP contribution in [0.2, 0.25) is 0 Å². The number of aliphatic hydroxyl groups is 1. The Morgan fingerprint density at radius 3 is 2.77 bits per heavy atom. The van der Waals surface area contributed by atoms with Crippen molar-refractivity contribution < 1.29 is 24.3 Å². The molecule has 0 aliphatic rings. The number of H-pyrrole nitrogens is 1. The Bertz CT molecular complexity index is 873. The summed E-state index contributed by atoms with van der Waals surface area (Å²) in [5, 5.41) is 12.8. The van der Waals surface area contributed by atoms with Crippen LogP contribution in [0.3, 0.4) is 0 Å². The minimum atomic E-state index is -1.36. The topological polar surface area (TPSA) is 136 Å². The second kappa shape index (κ2) is 9.10. The number of aromatic nitrogens is 1. The van der Waals surface area contributed by atoms with E-state index in [9.17, 15) is 19.5 Å². The van der Waals surface area contributed by atoms with Crippen molar-refractivity contribution in [2.75, 3.05) is 0 Å². The van der Waals surface area contributed by atoms with E-state index >= 15 is 0 Å². The number of para-hydroxylation sites is 1. The molecule has 0 radical (unpaired) electrons. The molecule has 2 rings (SSSR count). The van der Waals surface area contributed by atoms with Crippen LogP contribution in [-0.4, -0.2) is 50.0 Å². The molecule has 0 saturated carbocycles. The number of hydrogen-bond acceptors (Lipinski definition) is 4. The number of aliphatic hydroxyl groups excluding tert-OH is 1. The van der Waals surface area contributed by atoms with E-state index in [2.05, 4.69) is 27.7 Å². The van der Waals surface area contributed by atoms with Gasteiger partial charge in [0.1, 0.15) is 6.10 Å². The molecular formula is C17H18N4O4S. The van der Waals surface area contributed by atoms with Crippen LogP contribution >= 0.6 is 12.6 Å². The summed E-state index contributed by atoms with van der Waals surface area (Å²) < 4.78 is 0. The van der Waals surface area contributed by atoms with Crippen molar-refractivity contribution >= 4 is 46.6 Å². The van der Waals surface area contributed by atoms with Gasteiger partial charge >= 0.3 is 6.21 Å². The molecule has 136 valence electrons. The molecule has 2 aromatic rings. The van der Waals surface area contributed by atoms with Gasteiger partial charge < -0.3 is 20.9 Å². The van der Waals surface area contributed by atoms with Crippen LogP contribution in [0.4, 0.5) is 0 Å². The fraction of sp³-hybridized carbons (Fsp3) is 0.294. The molecule has 2 atom stereocenters. The number of rotatable bonds is 9. The Labute approximate surface area is 154 Å². The number of ketones is 1. The van der Waals surface area contributed by atoms with Gasteiger partial charge in [0.2, 0.25) is 16.8 Å². The number of amides is 1. The molecule has 26 heavy (non-hydrogen) atoms. The molecule has 0 saturated heterocycles. The van der Waals surface area contributed by atoms with Crippen molar-refractivity contribution in [3.05, 3.63) is 41.6 Å². The summed E-state index contributed by atoms with van der Waals surface area (Å²) >= 11 is 3.69. The zero-order valence-corrected chi connectivity index (χ0v) is 14.6. The van der Waals surface area contributed by atoms with E-state index in [0.29, 0.717) is 6.21 Å². The number of benzene rings is 1. The van der Waals surface area contributed by atoms with Gasteiger partial charge in [-0.3, -0.25) is 14.4 Å². The van der Waals surface area contributed by atoms with Crippen molar-refractivity contribution in [1.82, 2.24) is 10.3 Å². The van der Waals surface area contributed by atoms with E-state index in [4.69, 9.17) is 5.53 Å². The summed E-state index contributed by atoms with van der Waals surface area (Å²) in [6.07, 6.45) is 1.01. The number of carbonyl (C=O) groups is 3. The van der Waals surface area contributed by atoms with Crippen LogP contribution in [0.15, 0.2) is 30.5 Å². The fourth-order valence-electron chi connectivity index (χ4n) is 2.54. The summed E-state index contributed by atoms with van der Waals surface area (Å²) in [6, 6.07) is 6.46. The Balaban J connectivity index is 1.98. The summed E-state index contributed by atoms with van der Waals surface area (Å²) in [5.74, 6) is -1.23. The van der Waals surface area contributed by atoms with Gasteiger partial charge in [0.05, 0.1) is 6.04 Å². The van der Waals surface area contributed by atoms with Crippen molar-refractivity contribution in [3.63, 3.8) is 0 Å². The number of nitrogens with one attached hydrogen (secondary N) is 2. The molecule has 1 heterocycles. The van der Waals surface area contributed by atoms with Crippen LogP contribution in [0.1, 0.15) is 18.4 Å². The maximum absolute atomic E-state index is 12.2. The molecule has 0 spiro atoms. The van der Waals surface area contributed by atoms with Crippen molar-refractivity contribution in [2.24, 2.45) is 0 Å². The van der Waals surface area contributed by atoms with Crippen LogP contribution < -0.4 is 5.32 Å². The van der Waals surface area contributed by atoms with Gasteiger partial charge in [0, 0.05) is 29.9 Å². The van der Waals surface area contributed by atoms with Gasteiger partial charge in [-0.05, 0) is 18.1 Å². The standard InChI is InChI=1S/C17H18N4O4S/c18-20-9-11(22)5-6-14(17(25)26)21-16(24)15(23)7-10-8-19-13-4-2-1-3-12(10)13/h1-4,8-9,14-15,19,23H,5-7H2,(H,21,24)(H,25,26). The fourth-order valence-corrected chi connectivity index (χ4v) is 2.74. The number of hydrogen-bond donors (Lipinski definition) is 4. The van der Waals surface area contributed by atoms with Gasteiger partial charge in [-0.1, -0.05) is 18.2 Å². The second-order valence-electron chi connectivity index (χ2n) is 5.73. The van der Waals surface area contributed by atoms with Gasteiger partial charge in [0.15, 0.2) is 0 Å². The highest BCUT2D eigenvalue weighted by atomic mass is 32.1. The monoisotopic (exact) mass is 374 g/mol. The first kappa shape index (κ1) is 19.6. The van der Waals surface area contributed by atoms with Crippen LogP contribution in [0.5, 0.6) is 0 Å². The number of carbonyl (C=O) groups excluding carboxylic acids is 3. The van der Waals surface area contributed by atoms with Crippen molar-refractivity contribution in [3.8, 4) is 0 Å². The summed E-state index contributed by atoms with van der Waals surface area (Å²) in [4.78, 5) is 40.7. The number of nitrogens with zero attached hydrogens (tertiary/aromatic N) is 2. The molecule has 8 nitrogen and oxygen atoms in total. The summed E-state index contributed by atoms with van der Waals surface area (Å²) in [5.41, 5.74) is 9.95. The van der Waals surface area contributed by atoms with Crippen molar-refractivity contribution in [1.29, 1.82) is 0 Å². The minimum Gasteiger partial charge on any atom is -0.383 e. The predicted molar refractivity (Wildman–Crippen MR) is 97.9 cm³/mol. The zero-order valence-electron chi connectivity index (χ0n) is 13.8. The third-order valence-electron chi connectivity index (χ3n) is 3.89. The molecule has 9 heteroatoms. The Morgan fingerprint density at radius 1 is 1.35 bits per heavy atom. The third kappa shape index (κ3) is 5.13. The first-order chi connectivity index (χ1) is 12.4. The second-order valence-corrected chi connectivity index (χ2v) is 6.17. The molecule has 3 N–H and O–H groups in total. The van der Waals surface area contributed by atoms with E-state index in [1.165, 1.54) is 0 Å². The predicted octanol–water partition coefficient (Wildman–Crippen LogP) is 0.662. The number of aromatic amines is 1. The molecule has 1 aromatic heterocycles. The zero-order chi connectivity index (χ0) is 19.1. The SMILES string of the molecule is [N-]=[N+]=CC(=O)CCC(NC(=O)C(O)Cc1c[nH]c2ccccc12)C(=O)S. The van der Waals surface area contributed by atoms with E-state index in [0.717, 1.165) is 16.5 Å². The average Bonchev–Trinajstić information content (AvgIpc) is 3.01. The number of Topliss-reactive ketones (excluding diaryl/α,β-unsaturated/α-hetero) is 1. The lowest BCUT2D eigenvalue weighted by Gasteiger charge is -2.17. The molecule has 1 amide bonds. The van der Waals surface area contributed by atoms with E-state index in [1.54, 1.807) is 6.20 Å². The van der Waals surface area contributed by atoms with Crippen LogP contribution in [0.25, 0.3) is 16.4 Å². The maximum atomic E-state index is 12.2. The van der Waals surface area contributed by atoms with Gasteiger partial charge in [-0.15, -0.1) is 12.6 Å². The highest BCUT2D eigenvalue weighted by Crippen LogP contribution is 2.19. The van der Waals surface area contributed by atoms with Crippen LogP contribution in [0, 0.1) is 0 Å². The van der Waals surface area contributed by atoms with Gasteiger partial charge in [-0.25, -0.2) is 0 Å². The Morgan fingerprint density at radius 2 is 2.08 bits per heavy atom. The third-order valence-corrected chi connectivity index (χ3v) is 4.20. The van der Waals surface area contributed by atoms with E-state index in [1.807, 2.05) is 24.3 Å². The lowest BCUT2D eigenvalue weighted by Crippen LogP contribution is -2.45. The minimum absolute atomic E-state index is 0.0151. The number of fused-ring (bicyclic) bond motifs is 1. The molecule has 0 fully saturated rings. The lowest BCUT2D eigenvalue weighted by atomic mass is 10.1. The Kier molecular flexibility index (Phi) is 6.85. The van der Waals surface area contributed by atoms with Crippen LogP contribution in [-0.2, 0) is 20.8 Å². The molecule has 1 aromatic carbocycles. The first-order valence-electron chi connectivity index (χ1n) is 7.89. The quantitative estimate of drug-likeness (QED) is 0.222. The largest absolute Gasteiger partial charge is 0.383 e. The molecule has 0 aliphatic heterocycles. The highest BCUT2D eigenvalue weighted by molar-refractivity contribution is 7.96. The summed E-state index contributed by atoms with van der Waals surface area (Å²) in [7, 11) is 0. The van der Waals surface area contributed by atoms with Crippen molar-refractivity contribution in [2.45, 2.75) is 31.4 Å². The van der Waals surface area contributed by atoms with E-state index < -0.39 is 29.0 Å². The highest BCUT2D eigenvalue weighted by Gasteiger charge is 2.24. The normalized spacial score (nSPS) is 12.8. The first-order valence-corrected chi connectivity index (χ1v) is 8.33. The molecule has 0 bridgehead atoms. The number of thiol groups is 1. The smallest absolute Gasteiger partial charge is 0.323 e.